The van der Waals surface area contributed by atoms with E-state index >= 15 is 0 Å². The maximum Gasteiger partial charge on any atom is 4.00 e. The number of hydrogen-bond donors (Lipinski definition) is 0. The van der Waals surface area contributed by atoms with Gasteiger partial charge in [-0.25, -0.2) is 24.3 Å². The van der Waals surface area contributed by atoms with Crippen LogP contribution in [-0.4, -0.2) is 0 Å². The van der Waals surface area contributed by atoms with E-state index in [-0.39, 0.29) is 25.8 Å². The molecule has 0 spiro atoms. The zero-order valence-electron chi connectivity index (χ0n) is 13.1. The molecular formula is C18H26Hf+2. The molecule has 0 aliphatic rings. The maximum atomic E-state index is 2.22. The van der Waals surface area contributed by atoms with Crippen LogP contribution in [0.4, 0.5) is 0 Å². The normalized spacial score (nSPS) is 11.3. The topological polar surface area (TPSA) is 0 Å². The first-order valence-electron chi connectivity index (χ1n) is 6.65. The van der Waals surface area contributed by atoms with Crippen molar-refractivity contribution in [2.24, 2.45) is 0 Å². The van der Waals surface area contributed by atoms with Gasteiger partial charge in [0, 0.05) is 0 Å². The standard InChI is InChI=1S/2C9H13.Hf/c2*1-9(2,3)8-6-4-5-7-8;/h2*4-7H,1-3H3;/q2*-1;+4. The SMILES string of the molecule is CC(C)(C)[c-]1cccc1.CC(C)(C)[c-]1cccc1.[Hf+4]. The molecule has 0 unspecified atom stereocenters. The second kappa shape index (κ2) is 7.38. The van der Waals surface area contributed by atoms with Crippen LogP contribution in [-0.2, 0) is 36.7 Å². The van der Waals surface area contributed by atoms with E-state index in [4.69, 9.17) is 0 Å². The molecule has 0 aromatic heterocycles. The molecule has 1 heteroatoms. The van der Waals surface area contributed by atoms with Crippen molar-refractivity contribution in [3.05, 3.63) is 59.7 Å². The van der Waals surface area contributed by atoms with Crippen molar-refractivity contribution in [2.45, 2.75) is 52.4 Å². The molecule has 0 heterocycles. The van der Waals surface area contributed by atoms with Gasteiger partial charge in [-0.1, -0.05) is 52.4 Å². The molecule has 100 valence electrons. The average molecular weight is 421 g/mol. The summed E-state index contributed by atoms with van der Waals surface area (Å²) in [6.45, 7) is 13.3. The number of rotatable bonds is 0. The van der Waals surface area contributed by atoms with E-state index in [0.717, 1.165) is 0 Å². The Morgan fingerprint density at radius 2 is 0.737 bits per heavy atom. The van der Waals surface area contributed by atoms with Gasteiger partial charge in [-0.2, -0.15) is 35.4 Å². The second-order valence-electron chi connectivity index (χ2n) is 6.85. The summed E-state index contributed by atoms with van der Waals surface area (Å²) in [6.07, 6.45) is 0. The Bertz CT molecular complexity index is 375. The van der Waals surface area contributed by atoms with Crippen LogP contribution in [0.5, 0.6) is 0 Å². The molecule has 0 amide bonds. The summed E-state index contributed by atoms with van der Waals surface area (Å²) < 4.78 is 0. The average Bonchev–Trinajstić information content (AvgIpc) is 2.91. The van der Waals surface area contributed by atoms with Crippen LogP contribution in [0.2, 0.25) is 0 Å². The molecule has 2 rings (SSSR count). The molecule has 2 aromatic carbocycles. The zero-order chi connectivity index (χ0) is 13.8. The summed E-state index contributed by atoms with van der Waals surface area (Å²) in [5, 5.41) is 0. The third-order valence-corrected chi connectivity index (χ3v) is 3.06. The summed E-state index contributed by atoms with van der Waals surface area (Å²) in [5.41, 5.74) is 3.48. The van der Waals surface area contributed by atoms with Crippen molar-refractivity contribution in [3.63, 3.8) is 0 Å². The van der Waals surface area contributed by atoms with Gasteiger partial charge in [-0.15, -0.1) is 0 Å². The van der Waals surface area contributed by atoms with Gasteiger partial charge < -0.3 is 0 Å². The van der Waals surface area contributed by atoms with Gasteiger partial charge in [0.05, 0.1) is 0 Å². The van der Waals surface area contributed by atoms with Crippen LogP contribution < -0.4 is 0 Å². The Morgan fingerprint density at radius 3 is 0.842 bits per heavy atom. The first kappa shape index (κ1) is 18.6. The van der Waals surface area contributed by atoms with E-state index in [1.165, 1.54) is 11.1 Å². The van der Waals surface area contributed by atoms with E-state index in [0.29, 0.717) is 10.8 Å². The van der Waals surface area contributed by atoms with Crippen molar-refractivity contribution in [3.8, 4) is 0 Å². The monoisotopic (exact) mass is 422 g/mol. The van der Waals surface area contributed by atoms with Gasteiger partial charge in [-0.3, -0.25) is 0 Å². The van der Waals surface area contributed by atoms with Crippen LogP contribution >= 0.6 is 0 Å². The number of hydrogen-bond acceptors (Lipinski definition) is 0. The summed E-state index contributed by atoms with van der Waals surface area (Å²) >= 11 is 0. The minimum Gasteiger partial charge on any atom is -0.213 e. The molecule has 0 saturated heterocycles. The molecule has 0 bridgehead atoms. The van der Waals surface area contributed by atoms with Gasteiger partial charge >= 0.3 is 25.8 Å². The van der Waals surface area contributed by atoms with E-state index in [9.17, 15) is 0 Å². The fourth-order valence-corrected chi connectivity index (χ4v) is 1.75. The molecule has 0 atom stereocenters. The van der Waals surface area contributed by atoms with Crippen LogP contribution in [0.3, 0.4) is 0 Å². The summed E-state index contributed by atoms with van der Waals surface area (Å²) in [7, 11) is 0. The van der Waals surface area contributed by atoms with E-state index in [1.54, 1.807) is 0 Å². The van der Waals surface area contributed by atoms with E-state index < -0.39 is 0 Å². The molecule has 2 aromatic rings. The third-order valence-electron chi connectivity index (χ3n) is 3.06. The molecular weight excluding hydrogens is 395 g/mol. The van der Waals surface area contributed by atoms with Crippen molar-refractivity contribution < 1.29 is 25.8 Å². The Kier molecular flexibility index (Phi) is 7.21. The van der Waals surface area contributed by atoms with Crippen LogP contribution in [0.25, 0.3) is 0 Å². The summed E-state index contributed by atoms with van der Waals surface area (Å²) in [5.74, 6) is 0. The molecule has 0 N–H and O–H groups in total. The smallest absolute Gasteiger partial charge is 0.213 e. The first-order chi connectivity index (χ1) is 8.21. The summed E-state index contributed by atoms with van der Waals surface area (Å²) in [6, 6.07) is 17.0. The molecule has 0 nitrogen and oxygen atoms in total. The molecule has 0 saturated carbocycles. The molecule has 0 radical (unpaired) electrons. The Morgan fingerprint density at radius 1 is 0.526 bits per heavy atom. The summed E-state index contributed by atoms with van der Waals surface area (Å²) in [4.78, 5) is 0. The van der Waals surface area contributed by atoms with Crippen molar-refractivity contribution in [1.82, 2.24) is 0 Å². The molecule has 19 heavy (non-hydrogen) atoms. The predicted octanol–water partition coefficient (Wildman–Crippen LogP) is 5.40. The van der Waals surface area contributed by atoms with Gasteiger partial charge in [-0.05, 0) is 0 Å². The van der Waals surface area contributed by atoms with Crippen molar-refractivity contribution in [2.75, 3.05) is 0 Å². The maximum absolute atomic E-state index is 2.22. The molecule has 0 aliphatic heterocycles. The zero-order valence-corrected chi connectivity index (χ0v) is 16.7. The van der Waals surface area contributed by atoms with Crippen molar-refractivity contribution >= 4 is 0 Å². The fourth-order valence-electron chi connectivity index (χ4n) is 1.75. The second-order valence-corrected chi connectivity index (χ2v) is 6.85. The largest absolute Gasteiger partial charge is 4.00 e. The first-order valence-corrected chi connectivity index (χ1v) is 6.65. The Hall–Kier alpha value is -0.430. The van der Waals surface area contributed by atoms with Crippen LogP contribution in [0.15, 0.2) is 48.5 Å². The van der Waals surface area contributed by atoms with Gasteiger partial charge in [0.1, 0.15) is 0 Å². The Balaban J connectivity index is 0.000000324. The minimum atomic E-state index is 0. The fraction of sp³-hybridized carbons (Fsp3) is 0.444. The van der Waals surface area contributed by atoms with Crippen LogP contribution in [0.1, 0.15) is 52.7 Å². The van der Waals surface area contributed by atoms with E-state index in [2.05, 4.69) is 90.1 Å². The quantitative estimate of drug-likeness (QED) is 0.395. The van der Waals surface area contributed by atoms with Crippen molar-refractivity contribution in [1.29, 1.82) is 0 Å². The van der Waals surface area contributed by atoms with Gasteiger partial charge in [0.15, 0.2) is 0 Å². The van der Waals surface area contributed by atoms with Gasteiger partial charge in [0.25, 0.3) is 0 Å². The van der Waals surface area contributed by atoms with Crippen LogP contribution in [0, 0.1) is 0 Å². The van der Waals surface area contributed by atoms with Gasteiger partial charge in [0.2, 0.25) is 0 Å². The minimum absolute atomic E-state index is 0. The molecule has 0 aliphatic carbocycles. The molecule has 0 fully saturated rings. The third kappa shape index (κ3) is 6.51. The van der Waals surface area contributed by atoms with E-state index in [1.807, 2.05) is 0 Å². The Labute approximate surface area is 137 Å². The predicted molar refractivity (Wildman–Crippen MR) is 81.5 cm³/mol.